The van der Waals surface area contributed by atoms with Crippen LogP contribution in [-0.4, -0.2) is 0 Å². The van der Waals surface area contributed by atoms with E-state index in [1.54, 1.807) is 0 Å². The van der Waals surface area contributed by atoms with Gasteiger partial charge in [0.05, 0.1) is 0 Å². The monoisotopic (exact) mass is 358 g/mol. The number of hydrogen-bond acceptors (Lipinski definition) is 4. The normalized spacial score (nSPS) is 10.2. The van der Waals surface area contributed by atoms with Gasteiger partial charge >= 0.3 is 31.1 Å². The first kappa shape index (κ1) is 12.3. The fourth-order valence-electron chi connectivity index (χ4n) is 0.557. The molecule has 1 aromatic rings. The van der Waals surface area contributed by atoms with Crippen LogP contribution in [0.4, 0.5) is 11.4 Å². The Morgan fingerprint density at radius 3 is 1.38 bits per heavy atom. The third-order valence-electron chi connectivity index (χ3n) is 1.12. The van der Waals surface area contributed by atoms with Crippen molar-refractivity contribution in [3.63, 3.8) is 0 Å². The van der Waals surface area contributed by atoms with Gasteiger partial charge in [0.2, 0.25) is 0 Å². The summed E-state index contributed by atoms with van der Waals surface area (Å²) in [5, 5.41) is 0. The third-order valence-corrected chi connectivity index (χ3v) is 1.12. The van der Waals surface area contributed by atoms with Gasteiger partial charge in [-0.05, 0) is 0 Å². The summed E-state index contributed by atoms with van der Waals surface area (Å²) in [6, 6.07) is 7.80. The van der Waals surface area contributed by atoms with E-state index >= 15 is 0 Å². The van der Waals surface area contributed by atoms with Crippen molar-refractivity contribution in [3.05, 3.63) is 24.3 Å². The Bertz CT molecular complexity index is 334. The van der Waals surface area contributed by atoms with Gasteiger partial charge in [0.15, 0.2) is 11.4 Å². The van der Waals surface area contributed by atoms with Crippen LogP contribution in [-0.2, 0) is 23.5 Å². The van der Waals surface area contributed by atoms with Gasteiger partial charge in [-0.15, -0.1) is 0 Å². The SMILES string of the molecule is [NH3+]c1ccccc1[NH3+].[O]=[W](=[O])([O-])[O-]. The molecule has 0 aromatic heterocycles. The minimum atomic E-state index is -6.17. The molecule has 0 atom stereocenters. The zero-order valence-corrected chi connectivity index (χ0v) is 9.70. The molecule has 6 N–H and O–H groups in total. The number of hydrogen-bond donors (Lipinski definition) is 2. The first-order chi connectivity index (χ1) is 5.80. The van der Waals surface area contributed by atoms with Crippen LogP contribution in [0.5, 0.6) is 0 Å². The maximum absolute atomic E-state index is 8.65. The summed E-state index contributed by atoms with van der Waals surface area (Å²) in [4.78, 5) is 0. The van der Waals surface area contributed by atoms with Gasteiger partial charge in [0.25, 0.3) is 0 Å². The molecular formula is C6H10N2O4W. The van der Waals surface area contributed by atoms with E-state index in [2.05, 4.69) is 11.5 Å². The molecule has 0 radical (unpaired) electrons. The molecule has 74 valence electrons. The maximum atomic E-state index is 8.65. The minimum absolute atomic E-state index is 1.01. The summed E-state index contributed by atoms with van der Waals surface area (Å²) in [7, 11) is 0. The van der Waals surface area contributed by atoms with Crippen LogP contribution in [0.1, 0.15) is 0 Å². The summed E-state index contributed by atoms with van der Waals surface area (Å²) >= 11 is -6.17. The van der Waals surface area contributed by atoms with E-state index in [1.165, 1.54) is 0 Å². The van der Waals surface area contributed by atoms with Crippen LogP contribution in [0.15, 0.2) is 24.3 Å². The average molecular weight is 358 g/mol. The second-order valence-electron chi connectivity index (χ2n) is 2.18. The van der Waals surface area contributed by atoms with E-state index in [9.17, 15) is 0 Å². The summed E-state index contributed by atoms with van der Waals surface area (Å²) in [6.45, 7) is 0. The van der Waals surface area contributed by atoms with Gasteiger partial charge in [0.1, 0.15) is 0 Å². The zero-order valence-electron chi connectivity index (χ0n) is 6.76. The fraction of sp³-hybridized carbons (Fsp3) is 0. The molecule has 1 aromatic carbocycles. The first-order valence-corrected chi connectivity index (χ1v) is 7.99. The molecule has 0 spiro atoms. The molecule has 0 aliphatic heterocycles. The molecule has 0 amide bonds. The molecule has 6 nitrogen and oxygen atoms in total. The predicted molar refractivity (Wildman–Crippen MR) is 32.9 cm³/mol. The van der Waals surface area contributed by atoms with Gasteiger partial charge in [-0.25, -0.2) is 0 Å². The van der Waals surface area contributed by atoms with Gasteiger partial charge in [0, 0.05) is 12.1 Å². The van der Waals surface area contributed by atoms with Crippen molar-refractivity contribution in [3.8, 4) is 0 Å². The van der Waals surface area contributed by atoms with Crippen molar-refractivity contribution in [1.82, 2.24) is 0 Å². The molecule has 7 heteroatoms. The van der Waals surface area contributed by atoms with Crippen LogP contribution in [0.3, 0.4) is 0 Å². The summed E-state index contributed by atoms with van der Waals surface area (Å²) in [5.41, 5.74) is 9.53. The van der Waals surface area contributed by atoms with Crippen molar-refractivity contribution in [2.24, 2.45) is 0 Å². The van der Waals surface area contributed by atoms with E-state index in [0.29, 0.717) is 0 Å². The molecular weight excluding hydrogens is 348 g/mol. The Morgan fingerprint density at radius 1 is 1.00 bits per heavy atom. The predicted octanol–water partition coefficient (Wildman–Crippen LogP) is -3.18. The van der Waals surface area contributed by atoms with Gasteiger partial charge < -0.3 is 11.5 Å². The van der Waals surface area contributed by atoms with E-state index in [-0.39, 0.29) is 0 Å². The molecule has 0 bridgehead atoms. The van der Waals surface area contributed by atoms with Crippen molar-refractivity contribution >= 4 is 11.4 Å². The zero-order chi connectivity index (χ0) is 10.5. The quantitative estimate of drug-likeness (QED) is 0.505. The summed E-state index contributed by atoms with van der Waals surface area (Å²) < 4.78 is 34.6. The van der Waals surface area contributed by atoms with E-state index in [0.717, 1.165) is 11.4 Å². The Balaban J connectivity index is 0.000000252. The first-order valence-electron chi connectivity index (χ1n) is 3.20. The third kappa shape index (κ3) is 9.26. The van der Waals surface area contributed by atoms with Crippen molar-refractivity contribution in [2.75, 3.05) is 0 Å². The second-order valence-corrected chi connectivity index (χ2v) is 5.11. The molecule has 0 fully saturated rings. The Hall–Kier alpha value is -0.652. The van der Waals surface area contributed by atoms with Crippen LogP contribution >= 0.6 is 0 Å². The molecule has 1 rings (SSSR count). The topological polar surface area (TPSA) is 136 Å². The molecule has 0 saturated carbocycles. The number of quaternary nitrogens is 2. The van der Waals surface area contributed by atoms with E-state index < -0.39 is 16.7 Å². The number of rotatable bonds is 0. The Kier molecular flexibility index (Phi) is 4.90. The van der Waals surface area contributed by atoms with Gasteiger partial charge in [-0.2, -0.15) is 0 Å². The average Bonchev–Trinajstić information content (AvgIpc) is 1.92. The van der Waals surface area contributed by atoms with Gasteiger partial charge in [-0.1, -0.05) is 12.1 Å². The summed E-state index contributed by atoms with van der Waals surface area (Å²) in [6.07, 6.45) is 0. The van der Waals surface area contributed by atoms with Crippen LogP contribution in [0.25, 0.3) is 0 Å². The standard InChI is InChI=1S/C6H8N2.4O.W/c7-5-3-1-2-4-6(5)8;;;;;/h1-4H,7-8H2;;;;;/q;;;2*-1;/p+2. The van der Waals surface area contributed by atoms with Crippen molar-refractivity contribution in [2.45, 2.75) is 0 Å². The van der Waals surface area contributed by atoms with E-state index in [4.69, 9.17) is 14.3 Å². The Morgan fingerprint density at radius 2 is 1.23 bits per heavy atom. The molecule has 0 unspecified atom stereocenters. The van der Waals surface area contributed by atoms with E-state index in [1.807, 2.05) is 24.3 Å². The second kappa shape index (κ2) is 5.16. The van der Waals surface area contributed by atoms with Crippen LogP contribution in [0.2, 0.25) is 0 Å². The van der Waals surface area contributed by atoms with Crippen LogP contribution < -0.4 is 19.0 Å². The Labute approximate surface area is 78.5 Å². The molecule has 13 heavy (non-hydrogen) atoms. The van der Waals surface area contributed by atoms with Crippen LogP contribution in [0, 0.1) is 0 Å². The fourth-order valence-corrected chi connectivity index (χ4v) is 0.557. The molecule has 0 heterocycles. The van der Waals surface area contributed by atoms with Crippen molar-refractivity contribution < 1.29 is 42.5 Å². The van der Waals surface area contributed by atoms with Crippen molar-refractivity contribution in [1.29, 1.82) is 0 Å². The number of benzene rings is 1. The summed E-state index contributed by atoms with van der Waals surface area (Å²) in [5.74, 6) is 0. The van der Waals surface area contributed by atoms with Gasteiger partial charge in [-0.3, -0.25) is 0 Å². The molecule has 0 aliphatic carbocycles. The molecule has 0 aliphatic rings. The molecule has 0 saturated heterocycles.